The number of hydrogen-bond acceptors (Lipinski definition) is 4. The molecule has 0 radical (unpaired) electrons. The Morgan fingerprint density at radius 3 is 1.43 bits per heavy atom. The Bertz CT molecular complexity index is 633. The summed E-state index contributed by atoms with van der Waals surface area (Å²) in [6, 6.07) is 0. The molecule has 4 nitrogen and oxygen atoms in total. The summed E-state index contributed by atoms with van der Waals surface area (Å²) >= 11 is 0. The van der Waals surface area contributed by atoms with Gasteiger partial charge < -0.3 is 0 Å². The zero-order valence-electron chi connectivity index (χ0n) is 11.0. The second-order valence-corrected chi connectivity index (χ2v) is 10.0. The average molecular weight is 404 g/mol. The first-order valence-corrected chi connectivity index (χ1v) is 9.14. The molecule has 0 aliphatic heterocycles. The predicted octanol–water partition coefficient (Wildman–Crippen LogP) is 2.96. The van der Waals surface area contributed by atoms with Gasteiger partial charge >= 0.3 is 32.1 Å². The van der Waals surface area contributed by atoms with Gasteiger partial charge in [-0.25, -0.2) is 16.8 Å². The largest absolute Gasteiger partial charge is 0.460 e. The molecule has 0 spiro atoms. The van der Waals surface area contributed by atoms with Gasteiger partial charge in [-0.1, -0.05) is 13.3 Å². The predicted molar refractivity (Wildman–Crippen MR) is 58.5 cm³/mol. The van der Waals surface area contributed by atoms with Crippen molar-refractivity contribution in [2.24, 2.45) is 0 Å². The molecule has 0 aromatic rings. The van der Waals surface area contributed by atoms with Gasteiger partial charge in [0.15, 0.2) is 0 Å². The lowest BCUT2D eigenvalue weighted by Gasteiger charge is -2.32. The van der Waals surface area contributed by atoms with Gasteiger partial charge in [0.1, 0.15) is 0 Å². The first-order chi connectivity index (χ1) is 9.81. The van der Waals surface area contributed by atoms with E-state index in [9.17, 15) is 56.3 Å². The minimum atomic E-state index is -7.55. The fourth-order valence-corrected chi connectivity index (χ4v) is 5.01. The van der Waals surface area contributed by atoms with E-state index in [4.69, 9.17) is 0 Å². The Hall–Kier alpha value is -0.730. The van der Waals surface area contributed by atoms with Gasteiger partial charge in [0.25, 0.3) is 8.87 Å². The molecule has 0 amide bonds. The fourth-order valence-electron chi connectivity index (χ4n) is 1.11. The minimum Gasteiger partial charge on any atom is -0.212 e. The molecule has 0 aliphatic rings. The molecule has 0 fully saturated rings. The van der Waals surface area contributed by atoms with E-state index in [-0.39, 0.29) is 6.42 Å². The average Bonchev–Trinajstić information content (AvgIpc) is 2.34. The van der Waals surface area contributed by atoms with Crippen LogP contribution in [0.15, 0.2) is 0 Å². The van der Waals surface area contributed by atoms with Crippen LogP contribution in [0.4, 0.5) is 39.5 Å². The Morgan fingerprint density at radius 2 is 1.13 bits per heavy atom. The second-order valence-electron chi connectivity index (χ2n) is 4.23. The summed E-state index contributed by atoms with van der Waals surface area (Å²) in [5, 5.41) is -7.20. The SMILES string of the molecule is CCCCS(=O)(=O)S(=O)(=O)C(F)(F)C(F)(F)C(F)(F)C(F)(F)F. The molecule has 0 saturated carbocycles. The van der Waals surface area contributed by atoms with Crippen LogP contribution < -0.4 is 0 Å². The molecule has 15 heteroatoms. The van der Waals surface area contributed by atoms with Crippen molar-refractivity contribution in [3.8, 4) is 0 Å². The molecule has 0 aromatic carbocycles. The van der Waals surface area contributed by atoms with E-state index in [2.05, 4.69) is 0 Å². The Kier molecular flexibility index (Phi) is 5.78. The minimum absolute atomic E-state index is 0.116. The van der Waals surface area contributed by atoms with Crippen LogP contribution in [0.1, 0.15) is 19.8 Å². The normalized spacial score (nSPS) is 15.7. The molecule has 0 unspecified atom stereocenters. The Balaban J connectivity index is 6.27. The van der Waals surface area contributed by atoms with Crippen LogP contribution in [-0.4, -0.2) is 45.9 Å². The Morgan fingerprint density at radius 1 is 0.739 bits per heavy atom. The highest BCUT2D eigenvalue weighted by Gasteiger charge is 2.86. The summed E-state index contributed by atoms with van der Waals surface area (Å²) in [5.41, 5.74) is 0. The second kappa shape index (κ2) is 5.97. The van der Waals surface area contributed by atoms with Crippen molar-refractivity contribution in [3.05, 3.63) is 0 Å². The maximum absolute atomic E-state index is 13.2. The van der Waals surface area contributed by atoms with Crippen molar-refractivity contribution in [2.75, 3.05) is 5.75 Å². The summed E-state index contributed by atoms with van der Waals surface area (Å²) in [7, 11) is -13.5. The van der Waals surface area contributed by atoms with Gasteiger partial charge in [0.05, 0.1) is 5.75 Å². The first kappa shape index (κ1) is 22.3. The van der Waals surface area contributed by atoms with Crippen LogP contribution in [0.2, 0.25) is 0 Å². The number of alkyl halides is 9. The summed E-state index contributed by atoms with van der Waals surface area (Å²) in [6.45, 7) is 1.24. The molecule has 0 rings (SSSR count). The van der Waals surface area contributed by atoms with Crippen LogP contribution in [0.25, 0.3) is 0 Å². The number of unbranched alkanes of at least 4 members (excludes halogenated alkanes) is 1. The zero-order valence-corrected chi connectivity index (χ0v) is 12.6. The summed E-state index contributed by atoms with van der Waals surface area (Å²) < 4.78 is 157. The van der Waals surface area contributed by atoms with Crippen molar-refractivity contribution >= 4 is 17.7 Å². The standard InChI is InChI=1S/C8H9F9O4S2/c1-2-3-4-22(18,19)23(20,21)8(16,17)6(11,12)5(9,10)7(13,14)15/h2-4H2,1H3. The topological polar surface area (TPSA) is 68.3 Å². The number of hydrogen-bond donors (Lipinski definition) is 0. The summed E-state index contributed by atoms with van der Waals surface area (Å²) in [4.78, 5) is 0. The van der Waals surface area contributed by atoms with Crippen LogP contribution in [0, 0.1) is 0 Å². The number of rotatable bonds is 7. The van der Waals surface area contributed by atoms with Crippen molar-refractivity contribution < 1.29 is 56.3 Å². The molecule has 23 heavy (non-hydrogen) atoms. The van der Waals surface area contributed by atoms with E-state index in [0.717, 1.165) is 0 Å². The third kappa shape index (κ3) is 3.25. The highest BCUT2D eigenvalue weighted by atomic mass is 33.2. The molecular formula is C8H9F9O4S2. The van der Waals surface area contributed by atoms with Crippen molar-refractivity contribution in [2.45, 2.75) is 43.0 Å². The van der Waals surface area contributed by atoms with E-state index in [0.29, 0.717) is 0 Å². The van der Waals surface area contributed by atoms with E-state index in [1.807, 2.05) is 0 Å². The lowest BCUT2D eigenvalue weighted by molar-refractivity contribution is -0.381. The molecule has 0 bridgehead atoms. The molecule has 0 aliphatic carbocycles. The molecule has 140 valence electrons. The van der Waals surface area contributed by atoms with Crippen molar-refractivity contribution in [1.82, 2.24) is 0 Å². The van der Waals surface area contributed by atoms with E-state index in [1.165, 1.54) is 6.92 Å². The highest BCUT2D eigenvalue weighted by Crippen LogP contribution is 2.55. The van der Waals surface area contributed by atoms with E-state index >= 15 is 0 Å². The van der Waals surface area contributed by atoms with Crippen LogP contribution in [0.5, 0.6) is 0 Å². The third-order valence-electron chi connectivity index (χ3n) is 2.51. The van der Waals surface area contributed by atoms with Gasteiger partial charge in [0.2, 0.25) is 0 Å². The molecule has 0 saturated heterocycles. The molecule has 0 N–H and O–H groups in total. The first-order valence-electron chi connectivity index (χ1n) is 5.48. The van der Waals surface area contributed by atoms with Crippen LogP contribution >= 0.6 is 0 Å². The Labute approximate surface area is 123 Å². The zero-order chi connectivity index (χ0) is 19.1. The van der Waals surface area contributed by atoms with Gasteiger partial charge in [-0.3, -0.25) is 0 Å². The van der Waals surface area contributed by atoms with Crippen molar-refractivity contribution in [1.29, 1.82) is 0 Å². The van der Waals surface area contributed by atoms with Gasteiger partial charge in [-0.05, 0) is 6.42 Å². The van der Waals surface area contributed by atoms with Crippen LogP contribution in [-0.2, 0) is 17.7 Å². The van der Waals surface area contributed by atoms with Crippen molar-refractivity contribution in [3.63, 3.8) is 0 Å². The third-order valence-corrected chi connectivity index (χ3v) is 7.99. The van der Waals surface area contributed by atoms with E-state index < -0.39 is 53.2 Å². The molecule has 0 heterocycles. The molecule has 0 aromatic heterocycles. The molecule has 0 atom stereocenters. The summed E-state index contributed by atoms with van der Waals surface area (Å²) in [5.74, 6) is -16.7. The number of halogens is 9. The maximum atomic E-state index is 13.2. The van der Waals surface area contributed by atoms with E-state index in [1.54, 1.807) is 0 Å². The smallest absolute Gasteiger partial charge is 0.212 e. The molecular weight excluding hydrogens is 395 g/mol. The maximum Gasteiger partial charge on any atom is 0.460 e. The van der Waals surface area contributed by atoms with Gasteiger partial charge in [-0.2, -0.15) is 39.5 Å². The van der Waals surface area contributed by atoms with Gasteiger partial charge in [-0.15, -0.1) is 0 Å². The highest BCUT2D eigenvalue weighted by molar-refractivity contribution is 8.67. The monoisotopic (exact) mass is 404 g/mol. The summed E-state index contributed by atoms with van der Waals surface area (Å²) in [6.07, 6.45) is -7.99. The quantitative estimate of drug-likeness (QED) is 0.483. The fraction of sp³-hybridized carbons (Fsp3) is 1.00. The lowest BCUT2D eigenvalue weighted by Crippen LogP contribution is -2.64. The lowest BCUT2D eigenvalue weighted by atomic mass is 10.1. The van der Waals surface area contributed by atoms with Crippen LogP contribution in [0.3, 0.4) is 0 Å². The van der Waals surface area contributed by atoms with Gasteiger partial charge in [0, 0.05) is 0 Å².